The Kier molecular flexibility index (Phi) is 11.7. The van der Waals surface area contributed by atoms with Crippen molar-refractivity contribution in [1.82, 2.24) is 20.1 Å². The van der Waals surface area contributed by atoms with Gasteiger partial charge in [0.2, 0.25) is 6.41 Å². The Bertz CT molecular complexity index is 2180. The Morgan fingerprint density at radius 3 is 2.40 bits per heavy atom. The van der Waals surface area contributed by atoms with Crippen molar-refractivity contribution in [1.29, 1.82) is 0 Å². The van der Waals surface area contributed by atoms with Gasteiger partial charge >= 0.3 is 14.0 Å². The summed E-state index contributed by atoms with van der Waals surface area (Å²) in [5, 5.41) is 6.69. The van der Waals surface area contributed by atoms with Gasteiger partial charge in [0.05, 0.1) is 34.3 Å². The second-order valence-corrected chi connectivity index (χ2v) is 13.7. The van der Waals surface area contributed by atoms with E-state index in [0.29, 0.717) is 22.9 Å². The number of carbonyl (C=O) groups is 2. The predicted octanol–water partition coefficient (Wildman–Crippen LogP) is 7.46. The Labute approximate surface area is 302 Å². The summed E-state index contributed by atoms with van der Waals surface area (Å²) in [6.45, 7) is -0.640. The number of rotatable bonds is 13. The van der Waals surface area contributed by atoms with Crippen molar-refractivity contribution in [3.63, 3.8) is 0 Å². The second-order valence-electron chi connectivity index (χ2n) is 11.3. The smallest absolute Gasteiger partial charge is 0.350 e. The molecule has 0 bridgehead atoms. The van der Waals surface area contributed by atoms with Gasteiger partial charge in [0.1, 0.15) is 18.2 Å². The zero-order valence-corrected chi connectivity index (χ0v) is 29.5. The minimum atomic E-state index is -4.94. The molecule has 0 aliphatic heterocycles. The number of alkyl halides is 3. The fourth-order valence-electron chi connectivity index (χ4n) is 5.64. The topological polar surface area (TPSA) is 147 Å². The van der Waals surface area contributed by atoms with Gasteiger partial charge in [-0.05, 0) is 66.8 Å². The number of benzene rings is 3. The molecule has 1 unspecified atom stereocenters. The molecule has 0 aliphatic rings. The molecule has 0 saturated heterocycles. The molecule has 274 valence electrons. The van der Waals surface area contributed by atoms with Crippen LogP contribution in [0.4, 0.5) is 27.8 Å². The molecule has 5 rings (SSSR count). The zero-order valence-electron chi connectivity index (χ0n) is 27.1. The maximum atomic E-state index is 14.1. The van der Waals surface area contributed by atoms with E-state index < -0.39 is 50.7 Å². The lowest BCUT2D eigenvalue weighted by atomic mass is 9.94. The number of hydrogen-bond donors (Lipinski definition) is 3. The molecular formula is C33H28ClF5N5O6PS. The second kappa shape index (κ2) is 15.7. The zero-order chi connectivity index (χ0) is 38.0. The molecule has 52 heavy (non-hydrogen) atoms. The van der Waals surface area contributed by atoms with Gasteiger partial charge in [-0.1, -0.05) is 41.9 Å². The van der Waals surface area contributed by atoms with E-state index in [0.717, 1.165) is 28.4 Å². The maximum absolute atomic E-state index is 14.1. The minimum Gasteiger partial charge on any atom is -0.350 e. The van der Waals surface area contributed by atoms with E-state index in [1.807, 2.05) is 0 Å². The fraction of sp³-hybridized carbons (Fsp3) is 0.212. The van der Waals surface area contributed by atoms with Crippen molar-refractivity contribution in [2.24, 2.45) is 0 Å². The number of pyridine rings is 1. The van der Waals surface area contributed by atoms with E-state index in [-0.39, 0.29) is 61.7 Å². The van der Waals surface area contributed by atoms with Gasteiger partial charge in [-0.15, -0.1) is 0 Å². The van der Waals surface area contributed by atoms with Crippen molar-refractivity contribution in [3.05, 3.63) is 111 Å². The third-order valence-corrected chi connectivity index (χ3v) is 9.15. The van der Waals surface area contributed by atoms with Crippen LogP contribution in [-0.4, -0.2) is 49.3 Å². The van der Waals surface area contributed by atoms with Crippen LogP contribution in [0.1, 0.15) is 38.9 Å². The first-order valence-electron chi connectivity index (χ1n) is 15.0. The third kappa shape index (κ3) is 8.97. The summed E-state index contributed by atoms with van der Waals surface area (Å²) in [5.74, 6) is -2.81. The van der Waals surface area contributed by atoms with Crippen LogP contribution >= 0.6 is 31.4 Å². The number of aromatic nitrogens is 3. The molecule has 3 N–H and O–H groups in total. The summed E-state index contributed by atoms with van der Waals surface area (Å²) in [6.07, 6.45) is -3.14. The number of hydrogen-bond acceptors (Lipinski definition) is 7. The quantitative estimate of drug-likeness (QED) is 0.0479. The van der Waals surface area contributed by atoms with Gasteiger partial charge in [0.25, 0.3) is 5.91 Å². The molecular weight excluding hydrogens is 756 g/mol. The number of carbonyl (C=O) groups excluding carboxylic acids is 2. The molecule has 2 aromatic heterocycles. The van der Waals surface area contributed by atoms with Crippen molar-refractivity contribution in [2.75, 3.05) is 10.6 Å². The molecule has 0 aliphatic carbocycles. The van der Waals surface area contributed by atoms with Crippen LogP contribution in [0.25, 0.3) is 22.0 Å². The predicted molar refractivity (Wildman–Crippen MR) is 184 cm³/mol. The van der Waals surface area contributed by atoms with Gasteiger partial charge < -0.3 is 15.1 Å². The van der Waals surface area contributed by atoms with E-state index in [4.69, 9.17) is 11.6 Å². The first-order chi connectivity index (χ1) is 24.5. The first-order valence-corrected chi connectivity index (χ1v) is 18.1. The molecule has 19 heteroatoms. The lowest BCUT2D eigenvalue weighted by molar-refractivity contribution is -0.141. The Balaban J connectivity index is 1.72. The van der Waals surface area contributed by atoms with Crippen LogP contribution < -0.4 is 9.62 Å². The number of halogens is 6. The Hall–Kier alpha value is -4.38. The summed E-state index contributed by atoms with van der Waals surface area (Å²) >= 11 is 7.46. The van der Waals surface area contributed by atoms with E-state index in [9.17, 15) is 45.9 Å². The number of fused-ring (bicyclic) bond motifs is 1. The molecule has 5 aromatic rings. The average Bonchev–Trinajstić information content (AvgIpc) is 3.41. The highest BCUT2D eigenvalue weighted by Crippen LogP contribution is 2.43. The minimum absolute atomic E-state index is 0.0614. The summed E-state index contributed by atoms with van der Waals surface area (Å²) < 4.78 is 88.3. The largest absolute Gasteiger partial charge is 0.469 e. The molecule has 0 spiro atoms. The van der Waals surface area contributed by atoms with Crippen LogP contribution in [-0.2, 0) is 33.5 Å². The van der Waals surface area contributed by atoms with Crippen molar-refractivity contribution in [2.45, 2.75) is 38.7 Å². The molecule has 0 saturated carbocycles. The maximum Gasteiger partial charge on any atom is 0.469 e. The highest BCUT2D eigenvalue weighted by Gasteiger charge is 2.34. The number of phosphoric ester groups is 1. The number of phosphoric acid groups is 1. The van der Waals surface area contributed by atoms with Crippen molar-refractivity contribution >= 4 is 60.4 Å². The van der Waals surface area contributed by atoms with E-state index >= 15 is 0 Å². The lowest BCUT2D eigenvalue weighted by Crippen LogP contribution is -2.26. The van der Waals surface area contributed by atoms with E-state index in [2.05, 4.69) is 19.9 Å². The van der Waals surface area contributed by atoms with E-state index in [1.165, 1.54) is 42.7 Å². The standard InChI is InChI=1S/C33H28ClF5N5O6PS/c1-18-7-8-24(29(41-18)27(40-17-45)13-19-11-21(35)14-22(36)12-19)25-9-10-26(34)28-30(25)43(16-33(37,38)39)42-31(28)44(52-2)32(46)23-6-4-3-5-20(23)15-50-51(47,48)49/h3-12,14,17,27H,13,15-16H2,1-2H3,(H,40,45)(H2,47,48,49). The fourth-order valence-corrected chi connectivity index (χ4v) is 6.75. The van der Waals surface area contributed by atoms with Crippen molar-refractivity contribution < 1.29 is 50.4 Å². The lowest BCUT2D eigenvalue weighted by Gasteiger charge is -2.21. The summed E-state index contributed by atoms with van der Waals surface area (Å²) in [6, 6.07) is 13.5. The summed E-state index contributed by atoms with van der Waals surface area (Å²) in [4.78, 5) is 48.8. The molecule has 1 atom stereocenters. The van der Waals surface area contributed by atoms with Crippen LogP contribution in [0, 0.1) is 18.6 Å². The Morgan fingerprint density at radius 2 is 1.77 bits per heavy atom. The molecule has 11 nitrogen and oxygen atoms in total. The first kappa shape index (κ1) is 38.8. The molecule has 2 heterocycles. The normalized spacial score (nSPS) is 12.6. The van der Waals surface area contributed by atoms with Crippen LogP contribution in [0.5, 0.6) is 0 Å². The molecule has 3 aromatic carbocycles. The number of nitrogens with zero attached hydrogens (tertiary/aromatic N) is 4. The van der Waals surface area contributed by atoms with Gasteiger partial charge in [0.15, 0.2) is 5.82 Å². The summed E-state index contributed by atoms with van der Waals surface area (Å²) in [7, 11) is -4.94. The third-order valence-electron chi connectivity index (χ3n) is 7.66. The highest BCUT2D eigenvalue weighted by molar-refractivity contribution is 8.00. The molecule has 0 radical (unpaired) electrons. The number of aryl methyl sites for hydroxylation is 1. The highest BCUT2D eigenvalue weighted by atomic mass is 35.5. The van der Waals surface area contributed by atoms with Crippen molar-refractivity contribution in [3.8, 4) is 11.1 Å². The average molecular weight is 784 g/mol. The van der Waals surface area contributed by atoms with Gasteiger partial charge in [-0.3, -0.25) is 23.8 Å². The SMILES string of the molecule is CSN(C(=O)c1ccccc1COP(=O)(O)O)c1nn(CC(F)(F)F)c2c(-c3ccc(C)nc3C(Cc3cc(F)cc(F)c3)NC=O)ccc(Cl)c12. The Morgan fingerprint density at radius 1 is 1.10 bits per heavy atom. The monoisotopic (exact) mass is 783 g/mol. The van der Waals surface area contributed by atoms with Crippen LogP contribution in [0.15, 0.2) is 66.7 Å². The van der Waals surface area contributed by atoms with E-state index in [1.54, 1.807) is 19.1 Å². The number of nitrogens with one attached hydrogen (secondary N) is 1. The van der Waals surface area contributed by atoms with Gasteiger partial charge in [0, 0.05) is 34.7 Å². The summed E-state index contributed by atoms with van der Waals surface area (Å²) in [5.41, 5.74) is 0.948. The molecule has 2 amide bonds. The molecule has 0 fully saturated rings. The number of anilines is 1. The van der Waals surface area contributed by atoms with Gasteiger partial charge in [-0.2, -0.15) is 18.3 Å². The van der Waals surface area contributed by atoms with Crippen LogP contribution in [0.2, 0.25) is 5.02 Å². The number of amides is 2. The van der Waals surface area contributed by atoms with Gasteiger partial charge in [-0.25, -0.2) is 17.7 Å². The van der Waals surface area contributed by atoms with Crippen LogP contribution in [0.3, 0.4) is 0 Å².